The van der Waals surface area contributed by atoms with Gasteiger partial charge in [0.2, 0.25) is 14.2 Å². The van der Waals surface area contributed by atoms with Crippen LogP contribution in [0.3, 0.4) is 0 Å². The van der Waals surface area contributed by atoms with Gasteiger partial charge in [-0.05, 0) is 49.2 Å². The minimum Gasteiger partial charge on any atom is -0.515 e. The molecule has 2 heterocycles. The molecular formula is C14H25IN2O3SSi2. The number of rotatable bonds is 4. The highest BCUT2D eigenvalue weighted by atomic mass is 127. The zero-order valence-corrected chi connectivity index (χ0v) is 19.7. The van der Waals surface area contributed by atoms with Gasteiger partial charge in [-0.2, -0.15) is 0 Å². The van der Waals surface area contributed by atoms with Gasteiger partial charge in [0.15, 0.2) is 0 Å². The number of carbonyl (C=O) groups is 2. The van der Waals surface area contributed by atoms with Crippen LogP contribution in [0.25, 0.3) is 0 Å². The standard InChI is InChI=1S/C14H25IN2O3SSi2/c1-8-9(15)11(14(19)20-23(5,6)7)17-12(18)10(13(17)21-8)16-22(2,3)4/h8,10,13,16H,1-7H3/t8?,10-,13-/m1/s1. The Labute approximate surface area is 158 Å². The predicted octanol–water partition coefficient (Wildman–Crippen LogP) is 3.11. The number of carbonyl (C=O) groups excluding carboxylic acids is 2. The lowest BCUT2D eigenvalue weighted by Gasteiger charge is -2.52. The fraction of sp³-hybridized carbons (Fsp3) is 0.714. The Morgan fingerprint density at radius 2 is 1.83 bits per heavy atom. The lowest BCUT2D eigenvalue weighted by atomic mass is 10.1. The van der Waals surface area contributed by atoms with Gasteiger partial charge in [0, 0.05) is 8.83 Å². The third-order valence-electron chi connectivity index (χ3n) is 3.39. The normalized spacial score (nSPS) is 28.4. The van der Waals surface area contributed by atoms with Crippen molar-refractivity contribution in [1.29, 1.82) is 0 Å². The smallest absolute Gasteiger partial charge is 0.342 e. The Balaban J connectivity index is 2.28. The SMILES string of the molecule is CC1S[C@@H]2[C@H](N[Si](C)(C)C)C(=O)N2C(C(=O)O[Si](C)(C)C)=C1I. The number of nitrogens with zero attached hydrogens (tertiary/aromatic N) is 1. The van der Waals surface area contributed by atoms with Gasteiger partial charge in [-0.15, -0.1) is 11.8 Å². The first kappa shape index (κ1) is 19.5. The Bertz CT molecular complexity index is 571. The molecule has 1 unspecified atom stereocenters. The topological polar surface area (TPSA) is 58.6 Å². The van der Waals surface area contributed by atoms with Crippen molar-refractivity contribution in [2.45, 2.75) is 62.9 Å². The molecule has 0 bridgehead atoms. The van der Waals surface area contributed by atoms with Crippen molar-refractivity contribution in [3.05, 3.63) is 9.28 Å². The number of β-lactam (4-membered cyclic amide) rings is 1. The average molecular weight is 485 g/mol. The van der Waals surface area contributed by atoms with E-state index in [1.165, 1.54) is 0 Å². The molecule has 0 aromatic rings. The van der Waals surface area contributed by atoms with Gasteiger partial charge in [0.1, 0.15) is 25.3 Å². The van der Waals surface area contributed by atoms with E-state index in [4.69, 9.17) is 4.43 Å². The fourth-order valence-electron chi connectivity index (χ4n) is 2.54. The van der Waals surface area contributed by atoms with E-state index in [0.717, 1.165) is 3.58 Å². The van der Waals surface area contributed by atoms with Crippen LogP contribution in [-0.4, -0.2) is 50.0 Å². The van der Waals surface area contributed by atoms with Gasteiger partial charge in [-0.1, -0.05) is 19.6 Å². The molecule has 2 aliphatic rings. The summed E-state index contributed by atoms with van der Waals surface area (Å²) in [5.41, 5.74) is 0.461. The monoisotopic (exact) mass is 484 g/mol. The van der Waals surface area contributed by atoms with Gasteiger partial charge in [0.05, 0.1) is 0 Å². The zero-order valence-electron chi connectivity index (χ0n) is 14.7. The molecule has 0 aliphatic carbocycles. The van der Waals surface area contributed by atoms with Crippen molar-refractivity contribution in [3.8, 4) is 0 Å². The van der Waals surface area contributed by atoms with Gasteiger partial charge in [0.25, 0.3) is 0 Å². The summed E-state index contributed by atoms with van der Waals surface area (Å²) in [5, 5.41) is 0.187. The minimum absolute atomic E-state index is 0.00600. The average Bonchev–Trinajstić information content (AvgIpc) is 2.35. The zero-order chi connectivity index (χ0) is 17.7. The molecule has 2 aliphatic heterocycles. The van der Waals surface area contributed by atoms with Gasteiger partial charge >= 0.3 is 5.97 Å². The molecule has 0 spiro atoms. The molecule has 0 radical (unpaired) electrons. The largest absolute Gasteiger partial charge is 0.515 e. The van der Waals surface area contributed by atoms with Crippen molar-refractivity contribution in [3.63, 3.8) is 0 Å². The summed E-state index contributed by atoms with van der Waals surface area (Å²) in [6.07, 6.45) is 0. The molecule has 9 heteroatoms. The van der Waals surface area contributed by atoms with E-state index >= 15 is 0 Å². The van der Waals surface area contributed by atoms with Gasteiger partial charge in [-0.3, -0.25) is 9.69 Å². The second-order valence-electron chi connectivity index (χ2n) is 7.95. The number of amides is 1. The third-order valence-corrected chi connectivity index (χ3v) is 8.64. The Kier molecular flexibility index (Phi) is 5.48. The highest BCUT2D eigenvalue weighted by Crippen LogP contribution is 2.46. The maximum Gasteiger partial charge on any atom is 0.342 e. The number of fused-ring (bicyclic) bond motifs is 1. The maximum absolute atomic E-state index is 12.6. The third kappa shape index (κ3) is 4.22. The van der Waals surface area contributed by atoms with Crippen LogP contribution in [0.2, 0.25) is 39.3 Å². The number of halogens is 1. The van der Waals surface area contributed by atoms with E-state index in [2.05, 4.69) is 54.1 Å². The summed E-state index contributed by atoms with van der Waals surface area (Å²) >= 11 is 3.92. The van der Waals surface area contributed by atoms with Crippen LogP contribution >= 0.6 is 34.4 Å². The molecule has 1 saturated heterocycles. The number of hydrogen-bond donors (Lipinski definition) is 1. The van der Waals surface area contributed by atoms with Crippen LogP contribution in [0.1, 0.15) is 6.92 Å². The lowest BCUT2D eigenvalue weighted by Crippen LogP contribution is -2.73. The van der Waals surface area contributed by atoms with Crippen LogP contribution in [0.15, 0.2) is 9.28 Å². The van der Waals surface area contributed by atoms with E-state index in [1.807, 2.05) is 19.6 Å². The maximum atomic E-state index is 12.6. The van der Waals surface area contributed by atoms with Crippen LogP contribution < -0.4 is 4.98 Å². The van der Waals surface area contributed by atoms with Gasteiger partial charge in [-0.25, -0.2) is 4.79 Å². The number of nitrogens with one attached hydrogen (secondary N) is 1. The molecular weight excluding hydrogens is 459 g/mol. The first-order valence-electron chi connectivity index (χ1n) is 7.71. The Morgan fingerprint density at radius 3 is 2.30 bits per heavy atom. The van der Waals surface area contributed by atoms with Crippen molar-refractivity contribution < 1.29 is 14.0 Å². The Hall–Kier alpha value is 0.154. The molecule has 130 valence electrons. The summed E-state index contributed by atoms with van der Waals surface area (Å²) in [6.45, 7) is 14.6. The van der Waals surface area contributed by atoms with E-state index in [9.17, 15) is 9.59 Å². The molecule has 0 aromatic carbocycles. The van der Waals surface area contributed by atoms with Crippen molar-refractivity contribution in [2.24, 2.45) is 0 Å². The van der Waals surface area contributed by atoms with E-state index in [-0.39, 0.29) is 28.5 Å². The summed E-state index contributed by atoms with van der Waals surface area (Å²) in [7, 11) is -3.57. The molecule has 3 atom stereocenters. The summed E-state index contributed by atoms with van der Waals surface area (Å²) < 4.78 is 6.56. The van der Waals surface area contributed by atoms with Gasteiger partial charge < -0.3 is 9.41 Å². The molecule has 1 N–H and O–H groups in total. The first-order valence-corrected chi connectivity index (χ1v) is 16.6. The molecule has 1 amide bonds. The number of hydrogen-bond acceptors (Lipinski definition) is 5. The van der Waals surface area contributed by atoms with Crippen LogP contribution in [-0.2, 0) is 14.0 Å². The molecule has 0 aromatic heterocycles. The van der Waals surface area contributed by atoms with Crippen LogP contribution in [0, 0.1) is 0 Å². The highest BCUT2D eigenvalue weighted by Gasteiger charge is 2.55. The van der Waals surface area contributed by atoms with Crippen LogP contribution in [0.5, 0.6) is 0 Å². The first-order chi connectivity index (χ1) is 10.3. The summed E-state index contributed by atoms with van der Waals surface area (Å²) in [5.74, 6) is -0.348. The van der Waals surface area contributed by atoms with E-state index < -0.39 is 16.6 Å². The molecule has 1 fully saturated rings. The van der Waals surface area contributed by atoms with Crippen molar-refractivity contribution >= 4 is 62.8 Å². The molecule has 2 rings (SSSR count). The summed E-state index contributed by atoms with van der Waals surface area (Å²) in [4.78, 5) is 30.4. The molecule has 5 nitrogen and oxygen atoms in total. The second kappa shape index (κ2) is 6.47. The fourth-order valence-corrected chi connectivity index (χ4v) is 6.77. The van der Waals surface area contributed by atoms with E-state index in [1.54, 1.807) is 16.7 Å². The lowest BCUT2D eigenvalue weighted by molar-refractivity contribution is -0.147. The van der Waals surface area contributed by atoms with Crippen molar-refractivity contribution in [2.75, 3.05) is 0 Å². The number of thioether (sulfide) groups is 1. The minimum atomic E-state index is -2.00. The molecule has 23 heavy (non-hydrogen) atoms. The van der Waals surface area contributed by atoms with Crippen molar-refractivity contribution in [1.82, 2.24) is 9.88 Å². The predicted molar refractivity (Wildman–Crippen MR) is 108 cm³/mol. The Morgan fingerprint density at radius 1 is 1.26 bits per heavy atom. The quantitative estimate of drug-likeness (QED) is 0.378. The summed E-state index contributed by atoms with van der Waals surface area (Å²) in [6, 6.07) is -0.187. The highest BCUT2D eigenvalue weighted by molar-refractivity contribution is 14.1. The van der Waals surface area contributed by atoms with E-state index in [0.29, 0.717) is 5.70 Å². The second-order valence-corrected chi connectivity index (χ2v) is 19.8. The molecule has 0 saturated carbocycles. The van der Waals surface area contributed by atoms with Crippen LogP contribution in [0.4, 0.5) is 0 Å².